The van der Waals surface area contributed by atoms with E-state index in [1.54, 1.807) is 23.2 Å². The maximum absolute atomic E-state index is 14.4. The lowest BCUT2D eigenvalue weighted by atomic mass is 9.87. The Hall–Kier alpha value is -3.89. The van der Waals surface area contributed by atoms with E-state index in [-0.39, 0.29) is 30.1 Å². The van der Waals surface area contributed by atoms with Gasteiger partial charge >= 0.3 is 0 Å². The monoisotopic (exact) mass is 576 g/mol. The number of nitrogens with one attached hydrogen (secondary N) is 1. The molecule has 0 aliphatic heterocycles. The third kappa shape index (κ3) is 5.54. The molecule has 3 aromatic carbocycles. The number of aryl methyl sites for hydroxylation is 2. The van der Waals surface area contributed by atoms with E-state index >= 15 is 0 Å². The van der Waals surface area contributed by atoms with Crippen LogP contribution in [0.4, 0.5) is 14.5 Å². The predicted octanol–water partition coefficient (Wildman–Crippen LogP) is 5.39. The SMILES string of the molecule is Cn1ccnc1CN(C(=O)[C@H]1C[C@H]1c1ccc(F)cc1)c1ccc2c(c1)[C@@H](NS(=O)(=O)c1ccccc1F)CCC2. The van der Waals surface area contributed by atoms with Crippen molar-refractivity contribution in [1.82, 2.24) is 14.3 Å². The second-order valence-corrected chi connectivity index (χ2v) is 12.4. The van der Waals surface area contributed by atoms with Crippen molar-refractivity contribution in [2.75, 3.05) is 4.90 Å². The fourth-order valence-electron chi connectivity index (χ4n) is 5.72. The number of rotatable bonds is 8. The van der Waals surface area contributed by atoms with Crippen molar-refractivity contribution in [2.24, 2.45) is 13.0 Å². The Labute approximate surface area is 237 Å². The van der Waals surface area contributed by atoms with Crippen molar-refractivity contribution in [3.05, 3.63) is 113 Å². The van der Waals surface area contributed by atoms with E-state index < -0.39 is 26.8 Å². The van der Waals surface area contributed by atoms with Crippen LogP contribution in [0.2, 0.25) is 0 Å². The van der Waals surface area contributed by atoms with Crippen LogP contribution in [-0.4, -0.2) is 23.9 Å². The summed E-state index contributed by atoms with van der Waals surface area (Å²) in [5.41, 5.74) is 3.33. The van der Waals surface area contributed by atoms with Gasteiger partial charge in [-0.3, -0.25) is 4.79 Å². The zero-order valence-corrected chi connectivity index (χ0v) is 23.3. The maximum atomic E-state index is 14.4. The molecule has 1 N–H and O–H groups in total. The topological polar surface area (TPSA) is 84.3 Å². The first-order valence-electron chi connectivity index (χ1n) is 13.6. The van der Waals surface area contributed by atoms with Crippen molar-refractivity contribution in [2.45, 2.75) is 49.1 Å². The summed E-state index contributed by atoms with van der Waals surface area (Å²) < 4.78 is 58.7. The number of sulfonamides is 1. The highest BCUT2D eigenvalue weighted by Crippen LogP contribution is 2.49. The van der Waals surface area contributed by atoms with Crippen LogP contribution in [0, 0.1) is 17.6 Å². The lowest BCUT2D eigenvalue weighted by molar-refractivity contribution is -0.120. The predicted molar refractivity (Wildman–Crippen MR) is 150 cm³/mol. The summed E-state index contributed by atoms with van der Waals surface area (Å²) in [5.74, 6) is -0.745. The Morgan fingerprint density at radius 1 is 1.10 bits per heavy atom. The molecule has 212 valence electrons. The molecule has 2 aliphatic carbocycles. The molecule has 7 nitrogen and oxygen atoms in total. The van der Waals surface area contributed by atoms with Gasteiger partial charge in [-0.2, -0.15) is 0 Å². The van der Waals surface area contributed by atoms with Gasteiger partial charge in [-0.05, 0) is 84.7 Å². The molecule has 41 heavy (non-hydrogen) atoms. The van der Waals surface area contributed by atoms with E-state index in [1.165, 1.54) is 30.3 Å². The average molecular weight is 577 g/mol. The van der Waals surface area contributed by atoms with Crippen LogP contribution in [0.5, 0.6) is 0 Å². The third-order valence-corrected chi connectivity index (χ3v) is 9.58. The highest BCUT2D eigenvalue weighted by atomic mass is 32.2. The molecule has 2 aliphatic rings. The molecule has 3 atom stereocenters. The van der Waals surface area contributed by atoms with Gasteiger partial charge in [0.1, 0.15) is 22.4 Å². The fraction of sp³-hybridized carbons (Fsp3) is 0.290. The minimum atomic E-state index is -4.12. The summed E-state index contributed by atoms with van der Waals surface area (Å²) >= 11 is 0. The number of carbonyl (C=O) groups is 1. The summed E-state index contributed by atoms with van der Waals surface area (Å²) in [6.07, 6.45) is 6.25. The van der Waals surface area contributed by atoms with Gasteiger partial charge in [-0.1, -0.05) is 30.3 Å². The van der Waals surface area contributed by atoms with Crippen molar-refractivity contribution >= 4 is 21.6 Å². The van der Waals surface area contributed by atoms with Gasteiger partial charge in [0.25, 0.3) is 0 Å². The number of aromatic nitrogens is 2. The van der Waals surface area contributed by atoms with Gasteiger partial charge in [0, 0.05) is 37.1 Å². The van der Waals surface area contributed by atoms with E-state index in [4.69, 9.17) is 0 Å². The molecule has 0 spiro atoms. The standard InChI is InChI=1S/C31H30F2N4O3S/c1-36-16-15-34-30(36)19-37(31(38)26-18-24(26)21-9-12-22(32)13-10-21)23-14-11-20-5-4-7-28(25(20)17-23)35-41(39,40)29-8-3-2-6-27(29)33/h2-3,6,8-17,24,26,28,35H,4-5,7,18-19H2,1H3/t24-,26-,28-/m0/s1. The Balaban J connectivity index is 1.32. The molecule has 10 heteroatoms. The summed E-state index contributed by atoms with van der Waals surface area (Å²) in [6.45, 7) is 0.235. The first-order chi connectivity index (χ1) is 19.7. The van der Waals surface area contributed by atoms with E-state index in [0.29, 0.717) is 24.4 Å². The normalized spacial score (nSPS) is 19.9. The highest BCUT2D eigenvalue weighted by molar-refractivity contribution is 7.89. The van der Waals surface area contributed by atoms with Crippen molar-refractivity contribution in [1.29, 1.82) is 0 Å². The van der Waals surface area contributed by atoms with Gasteiger partial charge in [-0.25, -0.2) is 26.9 Å². The molecule has 0 saturated heterocycles. The first-order valence-corrected chi connectivity index (χ1v) is 15.1. The number of benzene rings is 3. The number of amides is 1. The number of imidazole rings is 1. The summed E-state index contributed by atoms with van der Waals surface area (Å²) in [6, 6.07) is 16.7. The molecule has 1 saturated carbocycles. The first kappa shape index (κ1) is 27.3. The molecular weight excluding hydrogens is 546 g/mol. The Morgan fingerprint density at radius 3 is 2.61 bits per heavy atom. The van der Waals surface area contributed by atoms with Crippen LogP contribution in [0.15, 0.2) is 84.0 Å². The van der Waals surface area contributed by atoms with Crippen LogP contribution in [0.3, 0.4) is 0 Å². The van der Waals surface area contributed by atoms with E-state index in [0.717, 1.165) is 35.6 Å². The van der Waals surface area contributed by atoms with Crippen LogP contribution in [-0.2, 0) is 34.8 Å². The number of carbonyl (C=O) groups excluding carboxylic acids is 1. The van der Waals surface area contributed by atoms with E-state index in [1.807, 2.05) is 36.0 Å². The summed E-state index contributed by atoms with van der Waals surface area (Å²) in [4.78, 5) is 19.7. The van der Waals surface area contributed by atoms with Crippen molar-refractivity contribution in [3.63, 3.8) is 0 Å². The summed E-state index contributed by atoms with van der Waals surface area (Å²) in [7, 11) is -2.25. The fourth-order valence-corrected chi connectivity index (χ4v) is 7.05. The maximum Gasteiger partial charge on any atom is 0.244 e. The minimum absolute atomic E-state index is 0.00456. The van der Waals surface area contributed by atoms with Crippen molar-refractivity contribution < 1.29 is 22.0 Å². The van der Waals surface area contributed by atoms with Gasteiger partial charge in [0.15, 0.2) is 0 Å². The van der Waals surface area contributed by atoms with Gasteiger partial charge in [0.05, 0.1) is 6.54 Å². The van der Waals surface area contributed by atoms with Gasteiger partial charge < -0.3 is 9.47 Å². The Kier molecular flexibility index (Phi) is 7.21. The molecule has 1 heterocycles. The molecule has 1 aromatic heterocycles. The van der Waals surface area contributed by atoms with Crippen molar-refractivity contribution in [3.8, 4) is 0 Å². The number of fused-ring (bicyclic) bond motifs is 1. The molecule has 1 amide bonds. The minimum Gasteiger partial charge on any atom is -0.337 e. The average Bonchev–Trinajstić information content (AvgIpc) is 3.66. The molecule has 1 fully saturated rings. The molecule has 0 bridgehead atoms. The largest absolute Gasteiger partial charge is 0.337 e. The second kappa shape index (κ2) is 10.8. The van der Waals surface area contributed by atoms with E-state index in [2.05, 4.69) is 9.71 Å². The molecule has 0 radical (unpaired) electrons. The smallest absolute Gasteiger partial charge is 0.244 e. The zero-order valence-electron chi connectivity index (χ0n) is 22.5. The Morgan fingerprint density at radius 2 is 1.88 bits per heavy atom. The summed E-state index contributed by atoms with van der Waals surface area (Å²) in [5, 5.41) is 0. The molecule has 6 rings (SSSR count). The van der Waals surface area contributed by atoms with Gasteiger partial charge in [0.2, 0.25) is 15.9 Å². The Bertz CT molecular complexity index is 1700. The highest BCUT2D eigenvalue weighted by Gasteiger charge is 2.46. The lowest BCUT2D eigenvalue weighted by Gasteiger charge is -2.29. The van der Waals surface area contributed by atoms with Gasteiger partial charge in [-0.15, -0.1) is 0 Å². The third-order valence-electron chi connectivity index (χ3n) is 8.07. The van der Waals surface area contributed by atoms with Crippen LogP contribution in [0.1, 0.15) is 53.7 Å². The van der Waals surface area contributed by atoms with Crippen LogP contribution in [0.25, 0.3) is 0 Å². The lowest BCUT2D eigenvalue weighted by Crippen LogP contribution is -2.34. The molecule has 4 aromatic rings. The number of anilines is 1. The quantitative estimate of drug-likeness (QED) is 0.305. The number of nitrogens with zero attached hydrogens (tertiary/aromatic N) is 3. The molecule has 0 unspecified atom stereocenters. The molecular formula is C31H30F2N4O3S. The number of halogens is 2. The zero-order chi connectivity index (χ0) is 28.7. The number of hydrogen-bond acceptors (Lipinski definition) is 4. The number of hydrogen-bond donors (Lipinski definition) is 1. The van der Waals surface area contributed by atoms with E-state index in [9.17, 15) is 22.0 Å². The van der Waals surface area contributed by atoms with Crippen LogP contribution < -0.4 is 9.62 Å². The van der Waals surface area contributed by atoms with Crippen LogP contribution >= 0.6 is 0 Å². The second-order valence-electron chi connectivity index (χ2n) is 10.8.